The van der Waals surface area contributed by atoms with Crippen LogP contribution in [-0.4, -0.2) is 11.9 Å². The molecule has 0 aliphatic carbocycles. The molecule has 5 nitrogen and oxygen atoms in total. The van der Waals surface area contributed by atoms with Crippen molar-refractivity contribution in [2.45, 2.75) is 6.61 Å². The molecule has 0 atom stereocenters. The van der Waals surface area contributed by atoms with Crippen molar-refractivity contribution in [1.29, 1.82) is 0 Å². The molecule has 0 aliphatic heterocycles. The summed E-state index contributed by atoms with van der Waals surface area (Å²) >= 11 is 0. The van der Waals surface area contributed by atoms with Crippen molar-refractivity contribution < 1.29 is 9.53 Å². The summed E-state index contributed by atoms with van der Waals surface area (Å²) in [4.78, 5) is 15.2. The molecule has 0 fully saturated rings. The van der Waals surface area contributed by atoms with Crippen LogP contribution in [-0.2, 0) is 11.3 Å². The summed E-state index contributed by atoms with van der Waals surface area (Å²) < 4.78 is 5.01. The van der Waals surface area contributed by atoms with Gasteiger partial charge in [0.05, 0.1) is 0 Å². The molecule has 0 bridgehead atoms. The zero-order chi connectivity index (χ0) is 14.4. The Balaban J connectivity index is 1.96. The Kier molecular flexibility index (Phi) is 4.34. The van der Waals surface area contributed by atoms with Gasteiger partial charge in [-0.1, -0.05) is 30.3 Å². The number of ether oxygens (including phenoxy) is 1. The monoisotopic (exact) mass is 269 g/mol. The number of rotatable bonds is 3. The third-order valence-electron chi connectivity index (χ3n) is 2.62. The number of nitrogen functional groups attached to an aromatic ring is 1. The molecular weight excluding hydrogens is 254 g/mol. The minimum Gasteiger partial charge on any atom is -0.443 e. The molecule has 0 aliphatic rings. The fourth-order valence-corrected chi connectivity index (χ4v) is 1.57. The van der Waals surface area contributed by atoms with Crippen molar-refractivity contribution in [1.82, 2.24) is 0 Å². The lowest BCUT2D eigenvalue weighted by molar-refractivity contribution is 0.151. The molecule has 0 aromatic heterocycles. The Morgan fingerprint density at radius 1 is 1.05 bits per heavy atom. The summed E-state index contributed by atoms with van der Waals surface area (Å²) in [6, 6.07) is 16.1. The average Bonchev–Trinajstić information content (AvgIpc) is 2.47. The summed E-state index contributed by atoms with van der Waals surface area (Å²) in [5.41, 5.74) is 13.4. The highest BCUT2D eigenvalue weighted by atomic mass is 16.5. The standard InChI is InChI=1S/C15H15N3O2/c16-13-8-6-12(7-9-13)14(17)18-15(19)20-10-11-4-2-1-3-5-11/h1-9H,10,16H2,(H2,17,18,19). The Morgan fingerprint density at radius 3 is 2.35 bits per heavy atom. The number of nitrogens with two attached hydrogens (primary N) is 2. The molecule has 0 unspecified atom stereocenters. The Morgan fingerprint density at radius 2 is 1.70 bits per heavy atom. The van der Waals surface area contributed by atoms with E-state index >= 15 is 0 Å². The maximum absolute atomic E-state index is 11.6. The van der Waals surface area contributed by atoms with Crippen LogP contribution in [0.5, 0.6) is 0 Å². The molecular formula is C15H15N3O2. The van der Waals surface area contributed by atoms with Gasteiger partial charge in [0.2, 0.25) is 0 Å². The number of amides is 1. The molecule has 20 heavy (non-hydrogen) atoms. The van der Waals surface area contributed by atoms with E-state index in [2.05, 4.69) is 4.99 Å². The largest absolute Gasteiger partial charge is 0.443 e. The van der Waals surface area contributed by atoms with Gasteiger partial charge >= 0.3 is 6.09 Å². The van der Waals surface area contributed by atoms with E-state index in [1.54, 1.807) is 24.3 Å². The number of anilines is 1. The minimum atomic E-state index is -0.719. The SMILES string of the molecule is NC(=NC(=O)OCc1ccccc1)c1ccc(N)cc1. The predicted molar refractivity (Wildman–Crippen MR) is 78.2 cm³/mol. The van der Waals surface area contributed by atoms with Crippen LogP contribution in [0.1, 0.15) is 11.1 Å². The first-order valence-corrected chi connectivity index (χ1v) is 6.06. The smallest absolute Gasteiger partial charge is 0.435 e. The van der Waals surface area contributed by atoms with Gasteiger partial charge in [-0.05, 0) is 29.8 Å². The van der Waals surface area contributed by atoms with Crippen molar-refractivity contribution in [2.24, 2.45) is 10.7 Å². The molecule has 2 aromatic rings. The number of aliphatic imine (C=N–C) groups is 1. The van der Waals surface area contributed by atoms with E-state index in [1.165, 1.54) is 0 Å². The van der Waals surface area contributed by atoms with E-state index < -0.39 is 6.09 Å². The van der Waals surface area contributed by atoms with Crippen molar-refractivity contribution in [3.05, 3.63) is 65.7 Å². The first-order chi connectivity index (χ1) is 9.65. The van der Waals surface area contributed by atoms with Crippen molar-refractivity contribution in [3.8, 4) is 0 Å². The van der Waals surface area contributed by atoms with Crippen LogP contribution in [0.2, 0.25) is 0 Å². The van der Waals surface area contributed by atoms with Gasteiger partial charge in [-0.15, -0.1) is 0 Å². The second-order valence-electron chi connectivity index (χ2n) is 4.16. The number of hydrogen-bond donors (Lipinski definition) is 2. The van der Waals surface area contributed by atoms with E-state index in [1.807, 2.05) is 30.3 Å². The van der Waals surface area contributed by atoms with Crippen LogP contribution >= 0.6 is 0 Å². The van der Waals surface area contributed by atoms with Gasteiger partial charge in [0.15, 0.2) is 0 Å². The van der Waals surface area contributed by atoms with Gasteiger partial charge in [0.25, 0.3) is 0 Å². The summed E-state index contributed by atoms with van der Waals surface area (Å²) in [6.07, 6.45) is -0.719. The average molecular weight is 269 g/mol. The third kappa shape index (κ3) is 3.84. The summed E-state index contributed by atoms with van der Waals surface area (Å²) in [6.45, 7) is 0.165. The molecule has 1 amide bonds. The van der Waals surface area contributed by atoms with E-state index in [0.717, 1.165) is 5.56 Å². The topological polar surface area (TPSA) is 90.7 Å². The lowest BCUT2D eigenvalue weighted by atomic mass is 10.2. The van der Waals surface area contributed by atoms with Gasteiger partial charge in [-0.3, -0.25) is 0 Å². The van der Waals surface area contributed by atoms with Gasteiger partial charge < -0.3 is 16.2 Å². The summed E-state index contributed by atoms with van der Waals surface area (Å²) in [5.74, 6) is 0.100. The molecule has 0 radical (unpaired) electrons. The molecule has 0 heterocycles. The van der Waals surface area contributed by atoms with Gasteiger partial charge in [0, 0.05) is 11.3 Å². The first kappa shape index (κ1) is 13.6. The second kappa shape index (κ2) is 6.38. The molecule has 0 saturated heterocycles. The van der Waals surface area contributed by atoms with E-state index in [4.69, 9.17) is 16.2 Å². The lowest BCUT2D eigenvalue weighted by Gasteiger charge is -2.03. The van der Waals surface area contributed by atoms with Crippen molar-refractivity contribution >= 4 is 17.6 Å². The third-order valence-corrected chi connectivity index (χ3v) is 2.62. The zero-order valence-electron chi connectivity index (χ0n) is 10.8. The number of benzene rings is 2. The maximum atomic E-state index is 11.6. The fraction of sp³-hybridized carbons (Fsp3) is 0.0667. The molecule has 0 spiro atoms. The highest BCUT2D eigenvalue weighted by molar-refractivity contribution is 6.02. The Bertz CT molecular complexity index is 607. The highest BCUT2D eigenvalue weighted by Crippen LogP contribution is 2.06. The van der Waals surface area contributed by atoms with Crippen molar-refractivity contribution in [3.63, 3.8) is 0 Å². The van der Waals surface area contributed by atoms with E-state index in [0.29, 0.717) is 11.3 Å². The zero-order valence-corrected chi connectivity index (χ0v) is 10.8. The van der Waals surface area contributed by atoms with Crippen LogP contribution < -0.4 is 11.5 Å². The quantitative estimate of drug-likeness (QED) is 0.508. The Hall–Kier alpha value is -2.82. The van der Waals surface area contributed by atoms with Crippen LogP contribution in [0, 0.1) is 0 Å². The highest BCUT2D eigenvalue weighted by Gasteiger charge is 2.04. The van der Waals surface area contributed by atoms with Crippen LogP contribution in [0.4, 0.5) is 10.5 Å². The van der Waals surface area contributed by atoms with E-state index in [9.17, 15) is 4.79 Å². The molecule has 2 aromatic carbocycles. The van der Waals surface area contributed by atoms with Crippen LogP contribution in [0.3, 0.4) is 0 Å². The Labute approximate surface area is 116 Å². The minimum absolute atomic E-state index is 0.100. The lowest BCUT2D eigenvalue weighted by Crippen LogP contribution is -2.16. The van der Waals surface area contributed by atoms with Crippen LogP contribution in [0.15, 0.2) is 59.6 Å². The predicted octanol–water partition coefficient (Wildman–Crippen LogP) is 2.31. The number of carbonyl (C=O) groups excluding carboxylic acids is 1. The number of amidine groups is 1. The normalized spacial score (nSPS) is 11.1. The van der Waals surface area contributed by atoms with Gasteiger partial charge in [-0.2, -0.15) is 4.99 Å². The number of nitrogens with zero attached hydrogens (tertiary/aromatic N) is 1. The summed E-state index contributed by atoms with van der Waals surface area (Å²) in [5, 5.41) is 0. The number of carbonyl (C=O) groups is 1. The molecule has 102 valence electrons. The molecule has 4 N–H and O–H groups in total. The van der Waals surface area contributed by atoms with Crippen LogP contribution in [0.25, 0.3) is 0 Å². The molecule has 0 saturated carbocycles. The second-order valence-corrected chi connectivity index (χ2v) is 4.16. The fourth-order valence-electron chi connectivity index (χ4n) is 1.57. The number of hydrogen-bond acceptors (Lipinski definition) is 3. The first-order valence-electron chi connectivity index (χ1n) is 6.06. The molecule has 5 heteroatoms. The maximum Gasteiger partial charge on any atom is 0.435 e. The van der Waals surface area contributed by atoms with Crippen molar-refractivity contribution in [2.75, 3.05) is 5.73 Å². The summed E-state index contributed by atoms with van der Waals surface area (Å²) in [7, 11) is 0. The molecule has 2 rings (SSSR count). The van der Waals surface area contributed by atoms with Gasteiger partial charge in [0.1, 0.15) is 12.4 Å². The van der Waals surface area contributed by atoms with E-state index in [-0.39, 0.29) is 12.4 Å². The van der Waals surface area contributed by atoms with Gasteiger partial charge in [-0.25, -0.2) is 4.79 Å².